The third-order valence-corrected chi connectivity index (χ3v) is 3.76. The van der Waals surface area contributed by atoms with E-state index in [2.05, 4.69) is 38.0 Å². The lowest BCUT2D eigenvalue weighted by molar-refractivity contribution is 0.295. The molecule has 1 nitrogen and oxygen atoms in total. The first-order valence-corrected chi connectivity index (χ1v) is 5.09. The summed E-state index contributed by atoms with van der Waals surface area (Å²) in [5, 5.41) is 3.37. The van der Waals surface area contributed by atoms with Gasteiger partial charge in [-0.3, -0.25) is 0 Å². The summed E-state index contributed by atoms with van der Waals surface area (Å²) < 4.78 is 0. The summed E-state index contributed by atoms with van der Waals surface area (Å²) in [5.41, 5.74) is 0.351. The Labute approximate surface area is 68.0 Å². The number of hydrogen-bond acceptors (Lipinski definition) is 2. The van der Waals surface area contributed by atoms with Crippen LogP contribution in [0.2, 0.25) is 0 Å². The Hall–Kier alpha value is 0.310. The molecule has 1 fully saturated rings. The number of thioether (sulfide) groups is 1. The van der Waals surface area contributed by atoms with Crippen molar-refractivity contribution in [2.45, 2.75) is 25.8 Å². The van der Waals surface area contributed by atoms with Gasteiger partial charge in [-0.15, -0.1) is 0 Å². The summed E-state index contributed by atoms with van der Waals surface area (Å²) in [4.78, 5) is 0. The Kier molecular flexibility index (Phi) is 2.64. The number of hydrogen-bond donors (Lipinski definition) is 1. The lowest BCUT2D eigenvalue weighted by Crippen LogP contribution is -2.43. The Morgan fingerprint density at radius 3 is 2.60 bits per heavy atom. The van der Waals surface area contributed by atoms with Gasteiger partial charge in [-0.05, 0) is 44.7 Å². The highest BCUT2D eigenvalue weighted by molar-refractivity contribution is 7.99. The largest absolute Gasteiger partial charge is 0.315 e. The molecule has 1 aliphatic heterocycles. The van der Waals surface area contributed by atoms with Crippen molar-refractivity contribution in [1.29, 1.82) is 0 Å². The van der Waals surface area contributed by atoms with Gasteiger partial charge < -0.3 is 5.32 Å². The van der Waals surface area contributed by atoms with Crippen LogP contribution in [0, 0.1) is 5.92 Å². The van der Waals surface area contributed by atoms with E-state index >= 15 is 0 Å². The fourth-order valence-corrected chi connectivity index (χ4v) is 2.79. The van der Waals surface area contributed by atoms with Gasteiger partial charge in [0.15, 0.2) is 0 Å². The zero-order chi connectivity index (χ0) is 7.61. The second-order valence-electron chi connectivity index (χ2n) is 3.53. The lowest BCUT2D eigenvalue weighted by Gasteiger charge is -2.30. The van der Waals surface area contributed by atoms with E-state index in [9.17, 15) is 0 Å². The van der Waals surface area contributed by atoms with Crippen LogP contribution in [-0.2, 0) is 0 Å². The summed E-state index contributed by atoms with van der Waals surface area (Å²) >= 11 is 2.08. The summed E-state index contributed by atoms with van der Waals surface area (Å²) in [5.74, 6) is 3.58. The van der Waals surface area contributed by atoms with E-state index in [0.29, 0.717) is 5.54 Å². The Balaban J connectivity index is 2.45. The Bertz CT molecular complexity index is 106. The highest BCUT2D eigenvalue weighted by Crippen LogP contribution is 2.31. The van der Waals surface area contributed by atoms with Gasteiger partial charge >= 0.3 is 0 Å². The molecule has 1 atom stereocenters. The van der Waals surface area contributed by atoms with Crippen molar-refractivity contribution in [1.82, 2.24) is 5.32 Å². The van der Waals surface area contributed by atoms with E-state index in [1.807, 2.05) is 0 Å². The fourth-order valence-electron chi connectivity index (χ4n) is 1.31. The van der Waals surface area contributed by atoms with E-state index in [-0.39, 0.29) is 0 Å². The quantitative estimate of drug-likeness (QED) is 0.658. The second-order valence-corrected chi connectivity index (χ2v) is 4.68. The maximum absolute atomic E-state index is 3.37. The van der Waals surface area contributed by atoms with Crippen LogP contribution in [0.4, 0.5) is 0 Å². The molecule has 1 aliphatic rings. The van der Waals surface area contributed by atoms with Gasteiger partial charge in [0.05, 0.1) is 0 Å². The first-order chi connectivity index (χ1) is 4.67. The SMILES string of the molecule is CNC(C)(C)C1CCSC1. The normalized spacial score (nSPS) is 27.3. The van der Waals surface area contributed by atoms with Gasteiger partial charge in [0.2, 0.25) is 0 Å². The van der Waals surface area contributed by atoms with Crippen molar-refractivity contribution >= 4 is 11.8 Å². The Morgan fingerprint density at radius 2 is 2.20 bits per heavy atom. The van der Waals surface area contributed by atoms with Crippen LogP contribution in [-0.4, -0.2) is 24.1 Å². The molecule has 0 saturated carbocycles. The molecule has 1 heterocycles. The van der Waals surface area contributed by atoms with Crippen LogP contribution in [0.25, 0.3) is 0 Å². The molecular formula is C8H17NS. The molecule has 0 bridgehead atoms. The summed E-state index contributed by atoms with van der Waals surface area (Å²) in [6.07, 6.45) is 1.39. The van der Waals surface area contributed by atoms with Crippen molar-refractivity contribution in [3.8, 4) is 0 Å². The molecule has 0 aromatic carbocycles. The third kappa shape index (κ3) is 1.67. The molecule has 1 rings (SSSR count). The van der Waals surface area contributed by atoms with Crippen molar-refractivity contribution in [2.24, 2.45) is 5.92 Å². The summed E-state index contributed by atoms with van der Waals surface area (Å²) in [6, 6.07) is 0. The number of rotatable bonds is 2. The van der Waals surface area contributed by atoms with Crippen LogP contribution in [0.3, 0.4) is 0 Å². The van der Waals surface area contributed by atoms with Crippen molar-refractivity contribution in [3.05, 3.63) is 0 Å². The molecule has 2 heteroatoms. The average Bonchev–Trinajstić information content (AvgIpc) is 2.38. The molecule has 0 aromatic heterocycles. The van der Waals surface area contributed by atoms with E-state index in [0.717, 1.165) is 5.92 Å². The highest BCUT2D eigenvalue weighted by Gasteiger charge is 2.30. The van der Waals surface area contributed by atoms with Gasteiger partial charge in [0, 0.05) is 5.54 Å². The van der Waals surface area contributed by atoms with Crippen molar-refractivity contribution in [3.63, 3.8) is 0 Å². The minimum atomic E-state index is 0.351. The number of nitrogens with one attached hydrogen (secondary N) is 1. The Morgan fingerprint density at radius 1 is 1.50 bits per heavy atom. The summed E-state index contributed by atoms with van der Waals surface area (Å²) in [6.45, 7) is 4.59. The van der Waals surface area contributed by atoms with Crippen LogP contribution in [0.5, 0.6) is 0 Å². The zero-order valence-corrected chi connectivity index (χ0v) is 7.92. The zero-order valence-electron chi connectivity index (χ0n) is 7.11. The van der Waals surface area contributed by atoms with Crippen molar-refractivity contribution in [2.75, 3.05) is 18.6 Å². The molecule has 1 saturated heterocycles. The molecule has 0 spiro atoms. The fraction of sp³-hybridized carbons (Fsp3) is 1.00. The molecular weight excluding hydrogens is 142 g/mol. The molecule has 1 N–H and O–H groups in total. The second kappa shape index (κ2) is 3.14. The smallest absolute Gasteiger partial charge is 0.0158 e. The molecule has 1 unspecified atom stereocenters. The third-order valence-electron chi connectivity index (χ3n) is 2.59. The van der Waals surface area contributed by atoms with E-state index in [4.69, 9.17) is 0 Å². The molecule has 60 valence electrons. The first-order valence-electron chi connectivity index (χ1n) is 3.93. The molecule has 10 heavy (non-hydrogen) atoms. The van der Waals surface area contributed by atoms with Gasteiger partial charge in [0.25, 0.3) is 0 Å². The minimum Gasteiger partial charge on any atom is -0.315 e. The van der Waals surface area contributed by atoms with E-state index in [1.165, 1.54) is 17.9 Å². The van der Waals surface area contributed by atoms with Crippen molar-refractivity contribution < 1.29 is 0 Å². The molecule has 0 radical (unpaired) electrons. The van der Waals surface area contributed by atoms with E-state index < -0.39 is 0 Å². The van der Waals surface area contributed by atoms with E-state index in [1.54, 1.807) is 0 Å². The monoisotopic (exact) mass is 159 g/mol. The topological polar surface area (TPSA) is 12.0 Å². The lowest BCUT2D eigenvalue weighted by atomic mass is 9.87. The molecule has 0 aromatic rings. The standard InChI is InChI=1S/C8H17NS/c1-8(2,9-3)7-4-5-10-6-7/h7,9H,4-6H2,1-3H3. The molecule has 0 amide bonds. The van der Waals surface area contributed by atoms with Crippen LogP contribution < -0.4 is 5.32 Å². The average molecular weight is 159 g/mol. The molecule has 0 aliphatic carbocycles. The summed E-state index contributed by atoms with van der Waals surface area (Å²) in [7, 11) is 2.06. The van der Waals surface area contributed by atoms with Gasteiger partial charge in [-0.1, -0.05) is 0 Å². The predicted octanol–water partition coefficient (Wildman–Crippen LogP) is 1.74. The van der Waals surface area contributed by atoms with Gasteiger partial charge in [-0.2, -0.15) is 11.8 Å². The van der Waals surface area contributed by atoms with Crippen LogP contribution >= 0.6 is 11.8 Å². The van der Waals surface area contributed by atoms with Gasteiger partial charge in [-0.25, -0.2) is 0 Å². The van der Waals surface area contributed by atoms with Gasteiger partial charge in [0.1, 0.15) is 0 Å². The highest BCUT2D eigenvalue weighted by atomic mass is 32.2. The predicted molar refractivity (Wildman–Crippen MR) is 48.6 cm³/mol. The van der Waals surface area contributed by atoms with Crippen LogP contribution in [0.1, 0.15) is 20.3 Å². The van der Waals surface area contributed by atoms with Crippen LogP contribution in [0.15, 0.2) is 0 Å². The first kappa shape index (κ1) is 8.41. The maximum atomic E-state index is 3.37. The maximum Gasteiger partial charge on any atom is 0.0158 e. The minimum absolute atomic E-state index is 0.351.